The van der Waals surface area contributed by atoms with Crippen molar-refractivity contribution in [1.82, 2.24) is 0 Å². The first-order valence-corrected chi connectivity index (χ1v) is 8.56. The standard InChI is InChI=1S/C18H25ClO4/c1-3-4-5-6-7-12-22-17(20)15-8-10-16(11-9-15)18(21)23-13-14(2)19/h8-11,14H,3-7,12-13H2,1-2H3. The van der Waals surface area contributed by atoms with Gasteiger partial charge in [0.05, 0.1) is 23.1 Å². The molecule has 1 rings (SSSR count). The summed E-state index contributed by atoms with van der Waals surface area (Å²) in [7, 11) is 0. The number of alkyl halides is 1. The fraction of sp³-hybridized carbons (Fsp3) is 0.556. The van der Waals surface area contributed by atoms with Crippen LogP contribution in [0.1, 0.15) is 66.7 Å². The average Bonchev–Trinajstić information content (AvgIpc) is 2.55. The molecule has 1 unspecified atom stereocenters. The lowest BCUT2D eigenvalue weighted by Gasteiger charge is -2.07. The molecule has 0 heterocycles. The van der Waals surface area contributed by atoms with Crippen molar-refractivity contribution in [2.75, 3.05) is 13.2 Å². The number of esters is 2. The molecule has 0 spiro atoms. The quantitative estimate of drug-likeness (QED) is 0.355. The smallest absolute Gasteiger partial charge is 0.338 e. The van der Waals surface area contributed by atoms with Crippen LogP contribution in [0.5, 0.6) is 0 Å². The van der Waals surface area contributed by atoms with Gasteiger partial charge in [-0.25, -0.2) is 9.59 Å². The summed E-state index contributed by atoms with van der Waals surface area (Å²) in [5.74, 6) is -0.817. The SMILES string of the molecule is CCCCCCCOC(=O)c1ccc(C(=O)OCC(C)Cl)cc1. The van der Waals surface area contributed by atoms with Crippen LogP contribution >= 0.6 is 11.6 Å². The van der Waals surface area contributed by atoms with E-state index in [4.69, 9.17) is 21.1 Å². The zero-order chi connectivity index (χ0) is 17.1. The second-order valence-electron chi connectivity index (χ2n) is 5.51. The summed E-state index contributed by atoms with van der Waals surface area (Å²) in [5.41, 5.74) is 0.819. The summed E-state index contributed by atoms with van der Waals surface area (Å²) in [6.45, 7) is 4.49. The van der Waals surface area contributed by atoms with Gasteiger partial charge in [-0.1, -0.05) is 32.6 Å². The third-order valence-corrected chi connectivity index (χ3v) is 3.41. The van der Waals surface area contributed by atoms with Crippen LogP contribution in [-0.2, 0) is 9.47 Å². The van der Waals surface area contributed by atoms with Gasteiger partial charge in [-0.3, -0.25) is 0 Å². The van der Waals surface area contributed by atoms with Crippen LogP contribution in [0, 0.1) is 0 Å². The summed E-state index contributed by atoms with van der Waals surface area (Å²) >= 11 is 5.73. The summed E-state index contributed by atoms with van der Waals surface area (Å²) in [6, 6.07) is 6.25. The van der Waals surface area contributed by atoms with E-state index in [-0.39, 0.29) is 18.0 Å². The molecule has 4 nitrogen and oxygen atoms in total. The Bertz CT molecular complexity index is 482. The van der Waals surface area contributed by atoms with Crippen LogP contribution in [0.2, 0.25) is 0 Å². The van der Waals surface area contributed by atoms with E-state index in [1.807, 2.05) is 0 Å². The molecular weight excluding hydrogens is 316 g/mol. The van der Waals surface area contributed by atoms with Crippen molar-refractivity contribution in [2.45, 2.75) is 51.3 Å². The number of halogens is 1. The van der Waals surface area contributed by atoms with Crippen molar-refractivity contribution < 1.29 is 19.1 Å². The van der Waals surface area contributed by atoms with E-state index in [1.165, 1.54) is 19.3 Å². The summed E-state index contributed by atoms with van der Waals surface area (Å²) < 4.78 is 10.2. The summed E-state index contributed by atoms with van der Waals surface area (Å²) in [4.78, 5) is 23.6. The Kier molecular flexibility index (Phi) is 9.37. The second kappa shape index (κ2) is 11.1. The number of rotatable bonds is 10. The lowest BCUT2D eigenvalue weighted by molar-refractivity contribution is 0.0487. The fourth-order valence-electron chi connectivity index (χ4n) is 1.97. The number of benzene rings is 1. The molecule has 0 amide bonds. The number of carbonyl (C=O) groups is 2. The molecule has 0 fully saturated rings. The molecule has 0 radical (unpaired) electrons. The van der Waals surface area contributed by atoms with Crippen LogP contribution in [0.25, 0.3) is 0 Å². The molecule has 0 aliphatic rings. The van der Waals surface area contributed by atoms with Crippen molar-refractivity contribution in [3.63, 3.8) is 0 Å². The van der Waals surface area contributed by atoms with Gasteiger partial charge in [0.25, 0.3) is 0 Å². The van der Waals surface area contributed by atoms with Crippen molar-refractivity contribution in [3.8, 4) is 0 Å². The van der Waals surface area contributed by atoms with Gasteiger partial charge < -0.3 is 9.47 Å². The van der Waals surface area contributed by atoms with Crippen LogP contribution in [0.4, 0.5) is 0 Å². The maximum absolute atomic E-state index is 11.9. The minimum absolute atomic E-state index is 0.155. The second-order valence-corrected chi connectivity index (χ2v) is 6.25. The van der Waals surface area contributed by atoms with Gasteiger partial charge in [-0.2, -0.15) is 0 Å². The summed E-state index contributed by atoms with van der Waals surface area (Å²) in [5, 5.41) is -0.231. The van der Waals surface area contributed by atoms with Crippen LogP contribution in [0.3, 0.4) is 0 Å². The zero-order valence-electron chi connectivity index (χ0n) is 13.8. The highest BCUT2D eigenvalue weighted by atomic mass is 35.5. The Balaban J connectivity index is 2.37. The van der Waals surface area contributed by atoms with Gasteiger partial charge in [0.15, 0.2) is 0 Å². The number of unbranched alkanes of at least 4 members (excludes halogenated alkanes) is 4. The molecule has 0 N–H and O–H groups in total. The molecular formula is C18H25ClO4. The number of hydrogen-bond donors (Lipinski definition) is 0. The van der Waals surface area contributed by atoms with Crippen molar-refractivity contribution in [3.05, 3.63) is 35.4 Å². The van der Waals surface area contributed by atoms with Gasteiger partial charge in [-0.15, -0.1) is 11.6 Å². The summed E-state index contributed by atoms with van der Waals surface area (Å²) in [6.07, 6.45) is 5.54. The molecule has 5 heteroatoms. The van der Waals surface area contributed by atoms with Gasteiger partial charge in [0.2, 0.25) is 0 Å². The molecule has 1 aromatic rings. The maximum atomic E-state index is 11.9. The van der Waals surface area contributed by atoms with Gasteiger partial charge in [-0.05, 0) is 37.6 Å². The van der Waals surface area contributed by atoms with Crippen LogP contribution in [-0.4, -0.2) is 30.5 Å². The van der Waals surface area contributed by atoms with Crippen molar-refractivity contribution in [2.24, 2.45) is 0 Å². The maximum Gasteiger partial charge on any atom is 0.338 e. The first-order chi connectivity index (χ1) is 11.0. The van der Waals surface area contributed by atoms with E-state index in [1.54, 1.807) is 31.2 Å². The predicted molar refractivity (Wildman–Crippen MR) is 91.1 cm³/mol. The highest BCUT2D eigenvalue weighted by Gasteiger charge is 2.11. The molecule has 0 aliphatic carbocycles. The van der Waals surface area contributed by atoms with E-state index in [9.17, 15) is 9.59 Å². The molecule has 1 aromatic carbocycles. The van der Waals surface area contributed by atoms with Crippen LogP contribution in [0.15, 0.2) is 24.3 Å². The van der Waals surface area contributed by atoms with Crippen molar-refractivity contribution >= 4 is 23.5 Å². The van der Waals surface area contributed by atoms with E-state index >= 15 is 0 Å². The molecule has 23 heavy (non-hydrogen) atoms. The molecule has 0 bridgehead atoms. The predicted octanol–water partition coefficient (Wildman–Crippen LogP) is 4.60. The minimum Gasteiger partial charge on any atom is -0.462 e. The highest BCUT2D eigenvalue weighted by Crippen LogP contribution is 2.09. The van der Waals surface area contributed by atoms with Crippen molar-refractivity contribution in [1.29, 1.82) is 0 Å². The van der Waals surface area contributed by atoms with Gasteiger partial charge in [0.1, 0.15) is 6.61 Å². The van der Waals surface area contributed by atoms with Gasteiger partial charge >= 0.3 is 11.9 Å². The van der Waals surface area contributed by atoms with E-state index in [2.05, 4.69) is 6.92 Å². The van der Waals surface area contributed by atoms with E-state index in [0.29, 0.717) is 17.7 Å². The lowest BCUT2D eigenvalue weighted by Crippen LogP contribution is -2.12. The largest absolute Gasteiger partial charge is 0.462 e. The first-order valence-electron chi connectivity index (χ1n) is 8.13. The highest BCUT2D eigenvalue weighted by molar-refractivity contribution is 6.20. The Morgan fingerprint density at radius 3 is 2.00 bits per heavy atom. The first kappa shape index (κ1) is 19.5. The molecule has 128 valence electrons. The monoisotopic (exact) mass is 340 g/mol. The Morgan fingerprint density at radius 1 is 0.957 bits per heavy atom. The molecule has 0 aliphatic heterocycles. The lowest BCUT2D eigenvalue weighted by atomic mass is 10.1. The third kappa shape index (κ3) is 8.03. The molecule has 0 saturated carbocycles. The third-order valence-electron chi connectivity index (χ3n) is 3.28. The number of carbonyl (C=O) groups excluding carboxylic acids is 2. The fourth-order valence-corrected chi connectivity index (χ4v) is 2.03. The van der Waals surface area contributed by atoms with E-state index < -0.39 is 5.97 Å². The zero-order valence-corrected chi connectivity index (χ0v) is 14.6. The number of hydrogen-bond acceptors (Lipinski definition) is 4. The molecule has 0 aromatic heterocycles. The van der Waals surface area contributed by atoms with Gasteiger partial charge in [0, 0.05) is 0 Å². The Hall–Kier alpha value is -1.55. The van der Waals surface area contributed by atoms with E-state index in [0.717, 1.165) is 12.8 Å². The minimum atomic E-state index is -0.451. The topological polar surface area (TPSA) is 52.6 Å². The molecule has 0 saturated heterocycles. The molecule has 1 atom stereocenters. The Labute approximate surface area is 143 Å². The number of ether oxygens (including phenoxy) is 2. The average molecular weight is 341 g/mol. The normalized spacial score (nSPS) is 11.8. The Morgan fingerprint density at radius 2 is 1.48 bits per heavy atom. The van der Waals surface area contributed by atoms with Crippen LogP contribution < -0.4 is 0 Å².